The molecule has 0 spiro atoms. The van der Waals surface area contributed by atoms with Gasteiger partial charge in [-0.15, -0.1) is 0 Å². The van der Waals surface area contributed by atoms with Crippen molar-refractivity contribution in [2.75, 3.05) is 0 Å². The van der Waals surface area contributed by atoms with Gasteiger partial charge in [-0.3, -0.25) is 4.79 Å². The van der Waals surface area contributed by atoms with Gasteiger partial charge in [0, 0.05) is 6.20 Å². The molecular weight excluding hydrogens is 168 g/mol. The van der Waals surface area contributed by atoms with Crippen LogP contribution in [0.3, 0.4) is 0 Å². The van der Waals surface area contributed by atoms with Gasteiger partial charge in [0.2, 0.25) is 0 Å². The fourth-order valence-electron chi connectivity index (χ4n) is 1.28. The summed E-state index contributed by atoms with van der Waals surface area (Å²) in [7, 11) is 0. The highest BCUT2D eigenvalue weighted by Gasteiger charge is 2.13. The maximum Gasteiger partial charge on any atom is 0.269 e. The van der Waals surface area contributed by atoms with Gasteiger partial charge in [0.1, 0.15) is 0 Å². The van der Waals surface area contributed by atoms with Gasteiger partial charge in [0.15, 0.2) is 11.3 Å². The first-order chi connectivity index (χ1) is 6.20. The minimum atomic E-state index is -0.510. The molecule has 0 aromatic carbocycles. The van der Waals surface area contributed by atoms with Crippen molar-refractivity contribution >= 4 is 11.6 Å². The molecule has 13 heavy (non-hydrogen) atoms. The second-order valence-corrected chi connectivity index (χ2v) is 2.70. The Morgan fingerprint density at radius 3 is 3.08 bits per heavy atom. The summed E-state index contributed by atoms with van der Waals surface area (Å²) in [5, 5.41) is 3.98. The van der Waals surface area contributed by atoms with E-state index in [1.54, 1.807) is 25.3 Å². The van der Waals surface area contributed by atoms with Crippen molar-refractivity contribution in [1.29, 1.82) is 0 Å². The van der Waals surface area contributed by atoms with Crippen molar-refractivity contribution in [3.8, 4) is 0 Å². The monoisotopic (exact) mass is 176 g/mol. The van der Waals surface area contributed by atoms with Crippen LogP contribution in [0.2, 0.25) is 0 Å². The summed E-state index contributed by atoms with van der Waals surface area (Å²) in [5.74, 6) is -0.510. The average Bonchev–Trinajstić information content (AvgIpc) is 2.39. The summed E-state index contributed by atoms with van der Waals surface area (Å²) < 4.78 is 1.44. The molecule has 2 aromatic heterocycles. The van der Waals surface area contributed by atoms with Crippen LogP contribution in [0, 0.1) is 6.92 Å². The number of carbonyl (C=O) groups is 1. The molecule has 0 fully saturated rings. The van der Waals surface area contributed by atoms with Gasteiger partial charge >= 0.3 is 0 Å². The Morgan fingerprint density at radius 1 is 1.62 bits per heavy atom. The van der Waals surface area contributed by atoms with Gasteiger partial charge < -0.3 is 5.73 Å². The minimum Gasteiger partial charge on any atom is -0.364 e. The zero-order valence-electron chi connectivity index (χ0n) is 7.06. The summed E-state index contributed by atoms with van der Waals surface area (Å²) in [6.45, 7) is 1.73. The minimum absolute atomic E-state index is 0.343. The fraction of sp³-hybridized carbons (Fsp3) is 0.125. The van der Waals surface area contributed by atoms with Crippen molar-refractivity contribution < 1.29 is 4.79 Å². The Morgan fingerprint density at radius 2 is 2.38 bits per heavy atom. The lowest BCUT2D eigenvalue weighted by molar-refractivity contribution is 0.0993. The number of carbonyl (C=O) groups excluding carboxylic acids is 1. The predicted molar refractivity (Wildman–Crippen MR) is 46.2 cm³/mol. The Hall–Kier alpha value is -1.91. The number of imidazole rings is 1. The van der Waals surface area contributed by atoms with Crippen LogP contribution in [-0.4, -0.2) is 20.5 Å². The molecule has 66 valence electrons. The van der Waals surface area contributed by atoms with E-state index in [9.17, 15) is 4.79 Å². The molecule has 2 aromatic rings. The first-order valence-corrected chi connectivity index (χ1v) is 3.80. The number of nitrogens with two attached hydrogens (primary N) is 1. The molecular formula is C8H8N4O. The number of amides is 1. The third kappa shape index (κ3) is 1.05. The van der Waals surface area contributed by atoms with Crippen LogP contribution < -0.4 is 5.73 Å². The van der Waals surface area contributed by atoms with E-state index in [1.807, 2.05) is 0 Å². The van der Waals surface area contributed by atoms with E-state index < -0.39 is 5.91 Å². The molecule has 0 unspecified atom stereocenters. The number of nitrogens with zero attached hydrogens (tertiary/aromatic N) is 3. The molecule has 0 radical (unpaired) electrons. The van der Waals surface area contributed by atoms with Gasteiger partial charge in [-0.1, -0.05) is 0 Å². The molecule has 0 saturated carbocycles. The Balaban J connectivity index is 2.86. The first kappa shape index (κ1) is 7.72. The zero-order chi connectivity index (χ0) is 9.42. The third-order valence-corrected chi connectivity index (χ3v) is 1.80. The second kappa shape index (κ2) is 2.55. The summed E-state index contributed by atoms with van der Waals surface area (Å²) in [6, 6.07) is 3.53. The topological polar surface area (TPSA) is 73.3 Å². The van der Waals surface area contributed by atoms with Crippen LogP contribution in [0.4, 0.5) is 0 Å². The highest BCUT2D eigenvalue weighted by Crippen LogP contribution is 2.08. The largest absolute Gasteiger partial charge is 0.364 e. The highest BCUT2D eigenvalue weighted by atomic mass is 16.1. The molecule has 0 saturated heterocycles. The number of aromatic nitrogens is 3. The van der Waals surface area contributed by atoms with Crippen molar-refractivity contribution in [1.82, 2.24) is 14.6 Å². The Labute approximate surface area is 74.2 Å². The number of aryl methyl sites for hydroxylation is 1. The van der Waals surface area contributed by atoms with Crippen molar-refractivity contribution in [3.63, 3.8) is 0 Å². The van der Waals surface area contributed by atoms with Crippen molar-refractivity contribution in [3.05, 3.63) is 29.7 Å². The molecule has 0 aliphatic rings. The molecule has 2 heterocycles. The Kier molecular flexibility index (Phi) is 1.51. The van der Waals surface area contributed by atoms with Crippen LogP contribution >= 0.6 is 0 Å². The highest BCUT2D eigenvalue weighted by molar-refractivity contribution is 5.93. The molecule has 0 atom stereocenters. The third-order valence-electron chi connectivity index (χ3n) is 1.80. The van der Waals surface area contributed by atoms with Gasteiger partial charge in [-0.25, -0.2) is 9.50 Å². The number of primary amides is 1. The van der Waals surface area contributed by atoms with E-state index in [4.69, 9.17) is 5.73 Å². The van der Waals surface area contributed by atoms with Crippen LogP contribution in [0.5, 0.6) is 0 Å². The van der Waals surface area contributed by atoms with Crippen LogP contribution in [0.25, 0.3) is 5.65 Å². The molecule has 2 rings (SSSR count). The van der Waals surface area contributed by atoms with Crippen LogP contribution in [0.1, 0.15) is 16.2 Å². The van der Waals surface area contributed by atoms with E-state index in [2.05, 4.69) is 10.1 Å². The van der Waals surface area contributed by atoms with Gasteiger partial charge in [-0.05, 0) is 19.1 Å². The Bertz CT molecular complexity index is 474. The summed E-state index contributed by atoms with van der Waals surface area (Å²) in [6.07, 6.45) is 1.58. The number of fused-ring (bicyclic) bond motifs is 1. The number of hydrogen-bond donors (Lipinski definition) is 1. The quantitative estimate of drug-likeness (QED) is 0.671. The van der Waals surface area contributed by atoms with E-state index in [1.165, 1.54) is 4.52 Å². The molecule has 0 bridgehead atoms. The fourth-order valence-corrected chi connectivity index (χ4v) is 1.28. The van der Waals surface area contributed by atoms with E-state index in [-0.39, 0.29) is 0 Å². The lowest BCUT2D eigenvalue weighted by Crippen LogP contribution is -2.15. The predicted octanol–water partition coefficient (Wildman–Crippen LogP) is 0.137. The first-order valence-electron chi connectivity index (χ1n) is 3.80. The SMILES string of the molecule is Cc1nc2cccnn2c1C(N)=O. The van der Waals surface area contributed by atoms with Crippen LogP contribution in [-0.2, 0) is 0 Å². The van der Waals surface area contributed by atoms with E-state index in [0.717, 1.165) is 0 Å². The smallest absolute Gasteiger partial charge is 0.269 e. The number of hydrogen-bond acceptors (Lipinski definition) is 3. The van der Waals surface area contributed by atoms with Gasteiger partial charge in [0.25, 0.3) is 5.91 Å². The van der Waals surface area contributed by atoms with E-state index in [0.29, 0.717) is 17.0 Å². The molecule has 0 aliphatic heterocycles. The van der Waals surface area contributed by atoms with Gasteiger partial charge in [-0.2, -0.15) is 5.10 Å². The molecule has 5 heteroatoms. The summed E-state index contributed by atoms with van der Waals surface area (Å²) in [5.41, 5.74) is 6.76. The second-order valence-electron chi connectivity index (χ2n) is 2.70. The molecule has 2 N–H and O–H groups in total. The lowest BCUT2D eigenvalue weighted by atomic mass is 10.3. The average molecular weight is 176 g/mol. The lowest BCUT2D eigenvalue weighted by Gasteiger charge is -1.94. The number of rotatable bonds is 1. The van der Waals surface area contributed by atoms with E-state index >= 15 is 0 Å². The van der Waals surface area contributed by atoms with Crippen LogP contribution in [0.15, 0.2) is 18.3 Å². The van der Waals surface area contributed by atoms with Crippen molar-refractivity contribution in [2.24, 2.45) is 5.73 Å². The van der Waals surface area contributed by atoms with Crippen molar-refractivity contribution in [2.45, 2.75) is 6.92 Å². The maximum absolute atomic E-state index is 11.0. The van der Waals surface area contributed by atoms with Gasteiger partial charge in [0.05, 0.1) is 5.69 Å². The maximum atomic E-state index is 11.0. The summed E-state index contributed by atoms with van der Waals surface area (Å²) >= 11 is 0. The molecule has 5 nitrogen and oxygen atoms in total. The standard InChI is InChI=1S/C8H8N4O/c1-5-7(8(9)13)12-6(11-5)3-2-4-10-12/h2-4H,1H3,(H2,9,13). The summed E-state index contributed by atoms with van der Waals surface area (Å²) in [4.78, 5) is 15.2. The molecule has 1 amide bonds. The normalized spacial score (nSPS) is 10.5. The zero-order valence-corrected chi connectivity index (χ0v) is 7.06. The molecule has 0 aliphatic carbocycles.